The zero-order valence-electron chi connectivity index (χ0n) is 18.5. The molecule has 4 rings (SSSR count). The first-order valence-corrected chi connectivity index (χ1v) is 11.6. The van der Waals surface area contributed by atoms with Crippen LogP contribution in [0.15, 0.2) is 52.4 Å². The lowest BCUT2D eigenvalue weighted by molar-refractivity contribution is -0.120. The minimum Gasteiger partial charge on any atom is -0.454 e. The Morgan fingerprint density at radius 1 is 1.16 bits per heavy atom. The maximum Gasteiger partial charge on any atom is 0.262 e. The molecule has 1 amide bonds. The molecule has 2 aromatic carbocycles. The van der Waals surface area contributed by atoms with Gasteiger partial charge in [0.2, 0.25) is 12.7 Å². The fourth-order valence-electron chi connectivity index (χ4n) is 3.42. The molecule has 0 aliphatic carbocycles. The zero-order chi connectivity index (χ0) is 22.7. The molecule has 1 aliphatic rings. The highest BCUT2D eigenvalue weighted by molar-refractivity contribution is 8.00. The van der Waals surface area contributed by atoms with E-state index in [0.717, 1.165) is 12.0 Å². The Kier molecular flexibility index (Phi) is 6.69. The number of ether oxygens (including phenoxy) is 2. The Bertz CT molecular complexity index is 1190. The van der Waals surface area contributed by atoms with Crippen LogP contribution >= 0.6 is 11.8 Å². The number of thioether (sulfide) groups is 1. The lowest BCUT2D eigenvalue weighted by Gasteiger charge is -2.17. The molecule has 1 atom stereocenters. The van der Waals surface area contributed by atoms with Crippen molar-refractivity contribution in [1.82, 2.24) is 14.9 Å². The van der Waals surface area contributed by atoms with Crippen LogP contribution in [0.4, 0.5) is 0 Å². The number of hydrogen-bond acceptors (Lipinski definition) is 6. The molecule has 3 aromatic rings. The summed E-state index contributed by atoms with van der Waals surface area (Å²) in [5.74, 6) is 1.73. The van der Waals surface area contributed by atoms with Crippen LogP contribution < -0.4 is 20.3 Å². The highest BCUT2D eigenvalue weighted by atomic mass is 32.2. The first kappa shape index (κ1) is 22.2. The van der Waals surface area contributed by atoms with Crippen LogP contribution in [0.3, 0.4) is 0 Å². The van der Waals surface area contributed by atoms with Gasteiger partial charge in [0.1, 0.15) is 0 Å². The summed E-state index contributed by atoms with van der Waals surface area (Å²) in [6, 6.07) is 13.0. The topological polar surface area (TPSA) is 82.5 Å². The van der Waals surface area contributed by atoms with Gasteiger partial charge in [-0.15, -0.1) is 0 Å². The van der Waals surface area contributed by atoms with Gasteiger partial charge >= 0.3 is 0 Å². The van der Waals surface area contributed by atoms with E-state index < -0.39 is 5.25 Å². The van der Waals surface area contributed by atoms with Crippen molar-refractivity contribution in [2.45, 2.75) is 50.7 Å². The summed E-state index contributed by atoms with van der Waals surface area (Å²) in [5, 5.41) is 3.71. The number of rotatable bonds is 8. The normalized spacial score (nSPS) is 13.5. The number of para-hydroxylation sites is 1. The van der Waals surface area contributed by atoms with Gasteiger partial charge in [0.15, 0.2) is 16.7 Å². The van der Waals surface area contributed by atoms with Crippen LogP contribution in [0.25, 0.3) is 10.9 Å². The number of fused-ring (bicyclic) bond motifs is 2. The van der Waals surface area contributed by atoms with E-state index in [1.54, 1.807) is 10.6 Å². The van der Waals surface area contributed by atoms with Crippen molar-refractivity contribution in [3.8, 4) is 11.5 Å². The van der Waals surface area contributed by atoms with Crippen LogP contribution in [-0.2, 0) is 17.9 Å². The largest absolute Gasteiger partial charge is 0.454 e. The summed E-state index contributed by atoms with van der Waals surface area (Å²) >= 11 is 1.31. The molecule has 0 saturated carbocycles. The number of aromatic nitrogens is 2. The molecule has 0 spiro atoms. The number of benzene rings is 2. The molecule has 0 bridgehead atoms. The maximum atomic E-state index is 13.1. The summed E-state index contributed by atoms with van der Waals surface area (Å²) in [6.45, 7) is 7.24. The summed E-state index contributed by atoms with van der Waals surface area (Å²) in [5.41, 5.74) is 1.51. The minimum atomic E-state index is -0.414. The Morgan fingerprint density at radius 2 is 1.94 bits per heavy atom. The molecule has 2 heterocycles. The predicted molar refractivity (Wildman–Crippen MR) is 125 cm³/mol. The van der Waals surface area contributed by atoms with E-state index >= 15 is 0 Å². The first-order chi connectivity index (χ1) is 15.4. The number of nitrogens with zero attached hydrogens (tertiary/aromatic N) is 2. The maximum absolute atomic E-state index is 13.1. The van der Waals surface area contributed by atoms with E-state index in [-0.39, 0.29) is 18.3 Å². The first-order valence-electron chi connectivity index (χ1n) is 10.7. The number of hydrogen-bond donors (Lipinski definition) is 1. The molecule has 0 fully saturated rings. The van der Waals surface area contributed by atoms with Crippen molar-refractivity contribution in [2.75, 3.05) is 6.79 Å². The monoisotopic (exact) mass is 453 g/mol. The molecule has 7 nitrogen and oxygen atoms in total. The molecular weight excluding hydrogens is 426 g/mol. The molecule has 0 radical (unpaired) electrons. The van der Waals surface area contributed by atoms with Gasteiger partial charge in [-0.2, -0.15) is 0 Å². The molecule has 32 heavy (non-hydrogen) atoms. The van der Waals surface area contributed by atoms with Crippen molar-refractivity contribution < 1.29 is 14.3 Å². The second-order valence-corrected chi connectivity index (χ2v) is 9.52. The lowest BCUT2D eigenvalue weighted by atomic mass is 10.1. The van der Waals surface area contributed by atoms with Crippen LogP contribution in [0.5, 0.6) is 11.5 Å². The van der Waals surface area contributed by atoms with Crippen molar-refractivity contribution in [3.05, 3.63) is 58.4 Å². The Balaban J connectivity index is 1.49. The SMILES string of the molecule is CC(C)CCn1c(S[C@@H](C)C(=O)NCc2ccc3c(c2)OCO3)nc2ccccc2c1=O. The highest BCUT2D eigenvalue weighted by Gasteiger charge is 2.20. The highest BCUT2D eigenvalue weighted by Crippen LogP contribution is 2.32. The number of carbonyl (C=O) groups excluding carboxylic acids is 1. The number of amides is 1. The van der Waals surface area contributed by atoms with Crippen LogP contribution in [0, 0.1) is 5.92 Å². The molecular formula is C24H27N3O4S. The van der Waals surface area contributed by atoms with Crippen molar-refractivity contribution >= 4 is 28.6 Å². The predicted octanol–water partition coefficient (Wildman–Crippen LogP) is 3.97. The molecule has 0 saturated heterocycles. The van der Waals surface area contributed by atoms with Crippen LogP contribution in [0.1, 0.15) is 32.8 Å². The van der Waals surface area contributed by atoms with Gasteiger partial charge < -0.3 is 14.8 Å². The second-order valence-electron chi connectivity index (χ2n) is 8.22. The Labute approximate surface area is 191 Å². The quantitative estimate of drug-likeness (QED) is 0.411. The van der Waals surface area contributed by atoms with Gasteiger partial charge in [0, 0.05) is 13.1 Å². The van der Waals surface area contributed by atoms with Gasteiger partial charge in [-0.25, -0.2) is 4.98 Å². The van der Waals surface area contributed by atoms with Crippen molar-refractivity contribution in [1.29, 1.82) is 0 Å². The third-order valence-corrected chi connectivity index (χ3v) is 6.40. The standard InChI is InChI=1S/C24H27N3O4S/c1-15(2)10-11-27-23(29)18-6-4-5-7-19(18)26-24(27)32-16(3)22(28)25-13-17-8-9-20-21(12-17)31-14-30-20/h4-9,12,15-16H,10-11,13-14H2,1-3H3,(H,25,28)/t16-/m0/s1. The summed E-state index contributed by atoms with van der Waals surface area (Å²) in [7, 11) is 0. The number of nitrogens with one attached hydrogen (secondary N) is 1. The van der Waals surface area contributed by atoms with E-state index in [1.165, 1.54) is 11.8 Å². The van der Waals surface area contributed by atoms with E-state index in [2.05, 4.69) is 19.2 Å². The van der Waals surface area contributed by atoms with Crippen LogP contribution in [0.2, 0.25) is 0 Å². The van der Waals surface area contributed by atoms with E-state index in [4.69, 9.17) is 14.5 Å². The molecule has 1 aliphatic heterocycles. The Morgan fingerprint density at radius 3 is 2.75 bits per heavy atom. The van der Waals surface area contributed by atoms with Crippen LogP contribution in [-0.4, -0.2) is 27.5 Å². The molecule has 8 heteroatoms. The second kappa shape index (κ2) is 9.65. The van der Waals surface area contributed by atoms with Gasteiger partial charge in [0.25, 0.3) is 5.56 Å². The third kappa shape index (κ3) is 4.91. The third-order valence-electron chi connectivity index (χ3n) is 5.31. The molecule has 0 unspecified atom stereocenters. The average Bonchev–Trinajstić information content (AvgIpc) is 3.25. The fraction of sp³-hybridized carbons (Fsp3) is 0.375. The zero-order valence-corrected chi connectivity index (χ0v) is 19.3. The van der Waals surface area contributed by atoms with Crippen molar-refractivity contribution in [3.63, 3.8) is 0 Å². The van der Waals surface area contributed by atoms with Gasteiger partial charge in [-0.3, -0.25) is 14.2 Å². The van der Waals surface area contributed by atoms with Gasteiger partial charge in [0.05, 0.1) is 16.2 Å². The smallest absolute Gasteiger partial charge is 0.262 e. The molecule has 168 valence electrons. The van der Waals surface area contributed by atoms with E-state index in [9.17, 15) is 9.59 Å². The summed E-state index contributed by atoms with van der Waals surface area (Å²) < 4.78 is 12.4. The molecule has 1 N–H and O–H groups in total. The van der Waals surface area contributed by atoms with E-state index in [1.807, 2.05) is 43.3 Å². The molecule has 1 aromatic heterocycles. The summed E-state index contributed by atoms with van der Waals surface area (Å²) in [6.07, 6.45) is 0.859. The van der Waals surface area contributed by atoms with Gasteiger partial charge in [-0.05, 0) is 49.1 Å². The lowest BCUT2D eigenvalue weighted by Crippen LogP contribution is -2.31. The van der Waals surface area contributed by atoms with E-state index in [0.29, 0.717) is 46.6 Å². The fourth-order valence-corrected chi connectivity index (χ4v) is 4.38. The average molecular weight is 454 g/mol. The minimum absolute atomic E-state index is 0.0632. The summed E-state index contributed by atoms with van der Waals surface area (Å²) in [4.78, 5) is 30.6. The Hall–Kier alpha value is -3.00. The van der Waals surface area contributed by atoms with Crippen molar-refractivity contribution in [2.24, 2.45) is 5.92 Å². The van der Waals surface area contributed by atoms with Gasteiger partial charge in [-0.1, -0.05) is 43.8 Å². The number of carbonyl (C=O) groups is 1.